The van der Waals surface area contributed by atoms with Crippen LogP contribution in [-0.2, 0) is 15.8 Å². The van der Waals surface area contributed by atoms with Gasteiger partial charge in [-0.25, -0.2) is 0 Å². The third-order valence-corrected chi connectivity index (χ3v) is 5.95. The van der Waals surface area contributed by atoms with Crippen molar-refractivity contribution in [1.82, 2.24) is 10.2 Å². The summed E-state index contributed by atoms with van der Waals surface area (Å²) in [7, 11) is 0. The molecule has 6 nitrogen and oxygen atoms in total. The van der Waals surface area contributed by atoms with Crippen LogP contribution in [0.1, 0.15) is 23.6 Å². The van der Waals surface area contributed by atoms with Crippen molar-refractivity contribution in [1.29, 1.82) is 0 Å². The predicted molar refractivity (Wildman–Crippen MR) is 122 cm³/mol. The summed E-state index contributed by atoms with van der Waals surface area (Å²) in [4.78, 5) is 28.7. The monoisotopic (exact) mass is 462 g/mol. The van der Waals surface area contributed by atoms with Crippen LogP contribution in [0.15, 0.2) is 42.5 Å². The number of alkyl halides is 3. The smallest absolute Gasteiger partial charge is 0.369 e. The first-order valence-corrected chi connectivity index (χ1v) is 10.9. The molecule has 2 aromatic carbocycles. The van der Waals surface area contributed by atoms with E-state index in [1.807, 2.05) is 41.8 Å². The molecule has 3 rings (SSSR count). The van der Waals surface area contributed by atoms with Crippen molar-refractivity contribution in [2.45, 2.75) is 33.0 Å². The van der Waals surface area contributed by atoms with Crippen LogP contribution in [0.4, 0.5) is 24.5 Å². The van der Waals surface area contributed by atoms with Crippen molar-refractivity contribution in [3.05, 3.63) is 59.2 Å². The first-order valence-electron chi connectivity index (χ1n) is 10.9. The lowest BCUT2D eigenvalue weighted by Crippen LogP contribution is -2.54. The summed E-state index contributed by atoms with van der Waals surface area (Å²) in [6.07, 6.45) is -4.38. The fourth-order valence-electron chi connectivity index (χ4n) is 3.92. The highest BCUT2D eigenvalue weighted by molar-refractivity contribution is 5.96. The second kappa shape index (κ2) is 10.2. The van der Waals surface area contributed by atoms with Crippen molar-refractivity contribution < 1.29 is 22.8 Å². The number of piperazine rings is 1. The highest BCUT2D eigenvalue weighted by Gasteiger charge is 2.31. The van der Waals surface area contributed by atoms with Gasteiger partial charge in [-0.1, -0.05) is 24.3 Å². The largest absolute Gasteiger partial charge is 0.416 e. The molecule has 1 atom stereocenters. The summed E-state index contributed by atoms with van der Waals surface area (Å²) in [5, 5.41) is 5.51. The zero-order valence-electron chi connectivity index (χ0n) is 19.0. The van der Waals surface area contributed by atoms with Gasteiger partial charge in [0.05, 0.1) is 18.2 Å². The molecule has 0 radical (unpaired) electrons. The Morgan fingerprint density at radius 1 is 1.00 bits per heavy atom. The molecule has 1 saturated heterocycles. The fraction of sp³-hybridized carbons (Fsp3) is 0.417. The van der Waals surface area contributed by atoms with Gasteiger partial charge in [-0.05, 0) is 50.1 Å². The molecule has 0 saturated carbocycles. The molecular formula is C24H29F3N4O2. The number of nitrogens with one attached hydrogen (secondary N) is 2. The van der Waals surface area contributed by atoms with Crippen LogP contribution >= 0.6 is 0 Å². The SMILES string of the molecule is Cc1cccc(C)c1NC(=O)CNC(=O)C(C)N1CCN(c2cccc(C(F)(F)F)c2)CC1. The minimum atomic E-state index is -4.38. The number of hydrogen-bond donors (Lipinski definition) is 2. The van der Waals surface area contributed by atoms with E-state index in [0.29, 0.717) is 31.9 Å². The third-order valence-electron chi connectivity index (χ3n) is 5.95. The minimum absolute atomic E-state index is 0.138. The number of halogens is 3. The molecule has 1 aliphatic heterocycles. The molecule has 2 amide bonds. The number of benzene rings is 2. The van der Waals surface area contributed by atoms with Crippen LogP contribution in [-0.4, -0.2) is 55.5 Å². The van der Waals surface area contributed by atoms with Crippen LogP contribution in [0.25, 0.3) is 0 Å². The topological polar surface area (TPSA) is 64.7 Å². The number of hydrogen-bond acceptors (Lipinski definition) is 4. The molecule has 178 valence electrons. The summed E-state index contributed by atoms with van der Waals surface area (Å²) in [6, 6.07) is 10.5. The lowest BCUT2D eigenvalue weighted by atomic mass is 10.1. The average Bonchev–Trinajstić information content (AvgIpc) is 2.79. The molecule has 0 spiro atoms. The van der Waals surface area contributed by atoms with E-state index in [4.69, 9.17) is 0 Å². The first-order chi connectivity index (χ1) is 15.6. The van der Waals surface area contributed by atoms with E-state index in [1.54, 1.807) is 13.0 Å². The number of para-hydroxylation sites is 1. The quantitative estimate of drug-likeness (QED) is 0.689. The van der Waals surface area contributed by atoms with Gasteiger partial charge in [0.2, 0.25) is 11.8 Å². The van der Waals surface area contributed by atoms with Gasteiger partial charge in [0.1, 0.15) is 0 Å². The molecule has 9 heteroatoms. The maximum atomic E-state index is 13.0. The van der Waals surface area contributed by atoms with Crippen molar-refractivity contribution in [2.75, 3.05) is 42.9 Å². The number of amides is 2. The van der Waals surface area contributed by atoms with Gasteiger partial charge in [0.25, 0.3) is 0 Å². The highest BCUT2D eigenvalue weighted by atomic mass is 19.4. The summed E-state index contributed by atoms with van der Waals surface area (Å²) in [6.45, 7) is 7.50. The summed E-state index contributed by atoms with van der Waals surface area (Å²) in [5.74, 6) is -0.568. The Kier molecular flexibility index (Phi) is 7.63. The van der Waals surface area contributed by atoms with Crippen molar-refractivity contribution in [3.63, 3.8) is 0 Å². The van der Waals surface area contributed by atoms with E-state index in [0.717, 1.165) is 28.9 Å². The van der Waals surface area contributed by atoms with Crippen LogP contribution in [0.2, 0.25) is 0 Å². The van der Waals surface area contributed by atoms with Gasteiger partial charge in [-0.3, -0.25) is 14.5 Å². The Morgan fingerprint density at radius 3 is 2.21 bits per heavy atom. The summed E-state index contributed by atoms with van der Waals surface area (Å²) < 4.78 is 38.9. The number of carbonyl (C=O) groups is 2. The molecule has 0 aliphatic carbocycles. The fourth-order valence-corrected chi connectivity index (χ4v) is 3.92. The lowest BCUT2D eigenvalue weighted by molar-refractivity contribution is -0.137. The maximum Gasteiger partial charge on any atom is 0.416 e. The zero-order chi connectivity index (χ0) is 24.2. The van der Waals surface area contributed by atoms with E-state index in [2.05, 4.69) is 10.6 Å². The standard InChI is InChI=1S/C24H29F3N4O2/c1-16-6-4-7-17(2)22(16)29-21(32)15-28-23(33)18(3)30-10-12-31(13-11-30)20-9-5-8-19(14-20)24(25,26)27/h4-9,14,18H,10-13,15H2,1-3H3,(H,28,33)(H,29,32). The van der Waals surface area contributed by atoms with Gasteiger partial charge in [0.15, 0.2) is 0 Å². The van der Waals surface area contributed by atoms with E-state index in [1.165, 1.54) is 6.07 Å². The van der Waals surface area contributed by atoms with E-state index >= 15 is 0 Å². The van der Waals surface area contributed by atoms with Gasteiger partial charge >= 0.3 is 6.18 Å². The Balaban J connectivity index is 1.49. The van der Waals surface area contributed by atoms with E-state index in [-0.39, 0.29) is 18.4 Å². The van der Waals surface area contributed by atoms with Crippen molar-refractivity contribution >= 4 is 23.2 Å². The second-order valence-corrected chi connectivity index (χ2v) is 8.28. The highest BCUT2D eigenvalue weighted by Crippen LogP contribution is 2.32. The van der Waals surface area contributed by atoms with Crippen molar-refractivity contribution in [3.8, 4) is 0 Å². The van der Waals surface area contributed by atoms with Crippen molar-refractivity contribution in [2.24, 2.45) is 0 Å². The normalized spacial score (nSPS) is 15.8. The van der Waals surface area contributed by atoms with Gasteiger partial charge in [0, 0.05) is 37.6 Å². The molecule has 1 unspecified atom stereocenters. The Hall–Kier alpha value is -3.07. The maximum absolute atomic E-state index is 13.0. The molecule has 1 aliphatic rings. The Bertz CT molecular complexity index is 981. The molecule has 33 heavy (non-hydrogen) atoms. The van der Waals surface area contributed by atoms with Gasteiger partial charge in [-0.2, -0.15) is 13.2 Å². The minimum Gasteiger partial charge on any atom is -0.369 e. The van der Waals surface area contributed by atoms with E-state index in [9.17, 15) is 22.8 Å². The van der Waals surface area contributed by atoms with Gasteiger partial charge in [-0.15, -0.1) is 0 Å². The average molecular weight is 463 g/mol. The Labute approximate surface area is 191 Å². The molecular weight excluding hydrogens is 433 g/mol. The number of aryl methyl sites for hydroxylation is 2. The predicted octanol–water partition coefficient (Wildman–Crippen LogP) is 3.59. The molecule has 2 N–H and O–H groups in total. The first kappa shape index (κ1) is 24.6. The lowest BCUT2D eigenvalue weighted by Gasteiger charge is -2.38. The summed E-state index contributed by atoms with van der Waals surface area (Å²) >= 11 is 0. The zero-order valence-corrected chi connectivity index (χ0v) is 19.0. The Morgan fingerprint density at radius 2 is 1.61 bits per heavy atom. The van der Waals surface area contributed by atoms with Crippen LogP contribution in [0.5, 0.6) is 0 Å². The van der Waals surface area contributed by atoms with Crippen LogP contribution in [0, 0.1) is 13.8 Å². The molecule has 1 heterocycles. The third kappa shape index (κ3) is 6.25. The summed E-state index contributed by atoms with van der Waals surface area (Å²) in [5.41, 5.74) is 2.48. The molecule has 0 bridgehead atoms. The molecule has 0 aromatic heterocycles. The number of carbonyl (C=O) groups excluding carboxylic acids is 2. The molecule has 2 aromatic rings. The second-order valence-electron chi connectivity index (χ2n) is 8.28. The van der Waals surface area contributed by atoms with Crippen LogP contribution < -0.4 is 15.5 Å². The number of anilines is 2. The number of rotatable bonds is 6. The molecule has 1 fully saturated rings. The van der Waals surface area contributed by atoms with Crippen LogP contribution in [0.3, 0.4) is 0 Å². The number of nitrogens with zero attached hydrogens (tertiary/aromatic N) is 2. The van der Waals surface area contributed by atoms with Gasteiger partial charge < -0.3 is 15.5 Å². The van der Waals surface area contributed by atoms with E-state index < -0.39 is 17.8 Å².